The van der Waals surface area contributed by atoms with Crippen LogP contribution in [0.15, 0.2) is 72.8 Å². The van der Waals surface area contributed by atoms with Crippen molar-refractivity contribution in [3.05, 3.63) is 72.8 Å². The molecule has 0 saturated carbocycles. The van der Waals surface area contributed by atoms with Gasteiger partial charge in [-0.3, -0.25) is 0 Å². The number of hydrogen-bond donors (Lipinski definition) is 3. The van der Waals surface area contributed by atoms with Crippen LogP contribution < -0.4 is 30.3 Å². The minimum absolute atomic E-state index is 0.288. The molecule has 23 heavy (non-hydrogen) atoms. The molecule has 0 saturated heterocycles. The van der Waals surface area contributed by atoms with Crippen LogP contribution in [0.25, 0.3) is 0 Å². The van der Waals surface area contributed by atoms with Crippen molar-refractivity contribution in [2.75, 3.05) is 17.2 Å². The summed E-state index contributed by atoms with van der Waals surface area (Å²) in [7, 11) is 0. The number of benzene rings is 3. The normalized spacial score (nSPS) is 11.3. The van der Waals surface area contributed by atoms with Gasteiger partial charge in [-0.2, -0.15) is 0 Å². The second-order valence-corrected chi connectivity index (χ2v) is 11.0. The molecule has 0 aliphatic heterocycles. The molecule has 0 aliphatic carbocycles. The van der Waals surface area contributed by atoms with Gasteiger partial charge >= 0.3 is 137 Å². The molecule has 0 bridgehead atoms. The summed E-state index contributed by atoms with van der Waals surface area (Å²) >= 11 is -3.92. The zero-order valence-corrected chi connectivity index (χ0v) is 14.4. The molecule has 6 N–H and O–H groups in total. The molecule has 3 aromatic rings. The number of rotatable bonds is 3. The summed E-state index contributed by atoms with van der Waals surface area (Å²) in [6.07, 6.45) is 0. The molecule has 4 nitrogen and oxygen atoms in total. The Balaban J connectivity index is 2.35. The van der Waals surface area contributed by atoms with Crippen LogP contribution in [-0.2, 0) is 3.74 Å². The van der Waals surface area contributed by atoms with Crippen LogP contribution in [0.2, 0.25) is 0 Å². The Hall–Kier alpha value is -2.58. The Bertz CT molecular complexity index is 836. The first-order valence-corrected chi connectivity index (χ1v) is 10.8. The summed E-state index contributed by atoms with van der Waals surface area (Å²) in [5.41, 5.74) is 19.0. The molecule has 116 valence electrons. The Kier molecular flexibility index (Phi) is 3.93. The van der Waals surface area contributed by atoms with Crippen LogP contribution in [-0.4, -0.2) is 13.5 Å². The molecule has 0 aliphatic rings. The van der Waals surface area contributed by atoms with E-state index in [0.717, 1.165) is 8.70 Å². The van der Waals surface area contributed by atoms with Gasteiger partial charge in [-0.1, -0.05) is 0 Å². The number of nitrogens with two attached hydrogens (primary N) is 3. The average molecular weight is 367 g/mol. The summed E-state index contributed by atoms with van der Waals surface area (Å²) in [6.45, 7) is 0. The first kappa shape index (κ1) is 15.3. The fraction of sp³-hybridized carbons (Fsp3) is 0. The Morgan fingerprint density at radius 1 is 0.609 bits per heavy atom. The van der Waals surface area contributed by atoms with Gasteiger partial charge in [0.25, 0.3) is 0 Å². The Morgan fingerprint density at radius 2 is 1.09 bits per heavy atom. The van der Waals surface area contributed by atoms with Gasteiger partial charge in [0.1, 0.15) is 0 Å². The van der Waals surface area contributed by atoms with E-state index in [-0.39, 0.29) is 5.69 Å². The zero-order valence-electron chi connectivity index (χ0n) is 12.5. The summed E-state index contributed by atoms with van der Waals surface area (Å²) in [5.74, 6) is 0. The monoisotopic (exact) mass is 367 g/mol. The molecule has 0 unspecified atom stereocenters. The molecule has 0 spiro atoms. The number of nitrogen functional groups attached to an aromatic ring is 3. The van der Waals surface area contributed by atoms with Crippen LogP contribution in [0.5, 0.6) is 0 Å². The third kappa shape index (κ3) is 2.51. The number of anilines is 3. The second-order valence-electron chi connectivity index (χ2n) is 5.28. The van der Waals surface area contributed by atoms with Crippen molar-refractivity contribution < 1.29 is 3.74 Å². The molecule has 0 heterocycles. The van der Waals surface area contributed by atoms with E-state index < -0.39 is 13.5 Å². The van der Waals surface area contributed by atoms with E-state index in [4.69, 9.17) is 17.2 Å². The summed E-state index contributed by atoms with van der Waals surface area (Å²) in [5, 5.41) is 0. The molecular formula is C18H18AsN3O. The van der Waals surface area contributed by atoms with Gasteiger partial charge in [0, 0.05) is 0 Å². The van der Waals surface area contributed by atoms with E-state index in [9.17, 15) is 3.74 Å². The molecule has 0 amide bonds. The molecule has 3 aromatic carbocycles. The van der Waals surface area contributed by atoms with Crippen LogP contribution >= 0.6 is 0 Å². The van der Waals surface area contributed by atoms with Crippen molar-refractivity contribution in [3.8, 4) is 0 Å². The Labute approximate surface area is 137 Å². The van der Waals surface area contributed by atoms with Gasteiger partial charge in [0.15, 0.2) is 0 Å². The fourth-order valence-electron chi connectivity index (χ4n) is 2.62. The molecule has 0 atom stereocenters. The molecule has 0 fully saturated rings. The van der Waals surface area contributed by atoms with Crippen LogP contribution in [0, 0.1) is 0 Å². The summed E-state index contributed by atoms with van der Waals surface area (Å²) < 4.78 is 16.3. The quantitative estimate of drug-likeness (QED) is 0.472. The topological polar surface area (TPSA) is 95.1 Å². The summed E-state index contributed by atoms with van der Waals surface area (Å²) in [4.78, 5) is 0. The van der Waals surface area contributed by atoms with Gasteiger partial charge in [0.2, 0.25) is 0 Å². The molecule has 3 rings (SSSR count). The van der Waals surface area contributed by atoms with E-state index in [1.807, 2.05) is 60.7 Å². The first-order valence-electron chi connectivity index (χ1n) is 7.20. The molecular weight excluding hydrogens is 349 g/mol. The minimum atomic E-state index is -3.92. The summed E-state index contributed by atoms with van der Waals surface area (Å²) in [6, 6.07) is 22.2. The standard InChI is InChI=1S/C18H18AsN3O/c20-16-12-11-15(17(21)18(16)22)19(23,13-7-3-1-4-8-13)14-9-5-2-6-10-14/h1-12H,20-22H2. The Morgan fingerprint density at radius 3 is 1.57 bits per heavy atom. The third-order valence-corrected chi connectivity index (χ3v) is 10.4. The maximum absolute atomic E-state index is 14.2. The van der Waals surface area contributed by atoms with Crippen LogP contribution in [0.4, 0.5) is 17.1 Å². The van der Waals surface area contributed by atoms with Gasteiger partial charge in [-0.15, -0.1) is 0 Å². The van der Waals surface area contributed by atoms with Crippen molar-refractivity contribution in [1.82, 2.24) is 0 Å². The first-order chi connectivity index (χ1) is 11.0. The van der Waals surface area contributed by atoms with E-state index in [2.05, 4.69) is 0 Å². The second kappa shape index (κ2) is 5.90. The van der Waals surface area contributed by atoms with Gasteiger partial charge < -0.3 is 0 Å². The van der Waals surface area contributed by atoms with Crippen molar-refractivity contribution in [2.24, 2.45) is 0 Å². The van der Waals surface area contributed by atoms with E-state index >= 15 is 0 Å². The molecule has 5 heteroatoms. The molecule has 0 radical (unpaired) electrons. The van der Waals surface area contributed by atoms with Crippen molar-refractivity contribution in [3.63, 3.8) is 0 Å². The maximum atomic E-state index is 14.2. The predicted octanol–water partition coefficient (Wildman–Crippen LogP) is 0.831. The van der Waals surface area contributed by atoms with Gasteiger partial charge in [-0.05, 0) is 0 Å². The van der Waals surface area contributed by atoms with Crippen LogP contribution in [0.3, 0.4) is 0 Å². The SMILES string of the molecule is Nc1ccc([As](=O)(c2ccccc2)c2ccccc2)c(N)c1N. The van der Waals surface area contributed by atoms with E-state index in [1.165, 1.54) is 0 Å². The predicted molar refractivity (Wildman–Crippen MR) is 97.9 cm³/mol. The van der Waals surface area contributed by atoms with Crippen molar-refractivity contribution >= 4 is 43.6 Å². The molecule has 0 aromatic heterocycles. The fourth-order valence-corrected chi connectivity index (χ4v) is 8.46. The van der Waals surface area contributed by atoms with Crippen molar-refractivity contribution in [2.45, 2.75) is 0 Å². The zero-order chi connectivity index (χ0) is 16.4. The average Bonchev–Trinajstić information content (AvgIpc) is 2.61. The van der Waals surface area contributed by atoms with E-state index in [0.29, 0.717) is 15.7 Å². The third-order valence-electron chi connectivity index (χ3n) is 3.88. The van der Waals surface area contributed by atoms with E-state index in [1.54, 1.807) is 12.1 Å². The number of hydrogen-bond acceptors (Lipinski definition) is 4. The van der Waals surface area contributed by atoms with Crippen molar-refractivity contribution in [1.29, 1.82) is 0 Å². The van der Waals surface area contributed by atoms with Gasteiger partial charge in [-0.25, -0.2) is 0 Å². The van der Waals surface area contributed by atoms with Crippen LogP contribution in [0.1, 0.15) is 0 Å². The van der Waals surface area contributed by atoms with Gasteiger partial charge in [0.05, 0.1) is 0 Å².